The van der Waals surface area contributed by atoms with Gasteiger partial charge in [0.05, 0.1) is 12.7 Å². The van der Waals surface area contributed by atoms with E-state index in [1.54, 1.807) is 30.3 Å². The van der Waals surface area contributed by atoms with Crippen LogP contribution in [-0.4, -0.2) is 24.4 Å². The molecule has 0 unspecified atom stereocenters. The number of carbonyl (C=O) groups excluding carboxylic acids is 3. The van der Waals surface area contributed by atoms with Crippen LogP contribution in [-0.2, 0) is 20.7 Å². The van der Waals surface area contributed by atoms with Crippen LogP contribution in [0.2, 0.25) is 0 Å². The molecule has 150 valence electrons. The molecule has 2 N–H and O–H groups in total. The van der Waals surface area contributed by atoms with Gasteiger partial charge >= 0.3 is 5.97 Å². The minimum Gasteiger partial charge on any atom is -0.464 e. The molecule has 1 heterocycles. The summed E-state index contributed by atoms with van der Waals surface area (Å²) in [6.07, 6.45) is 1.49. The Hall–Kier alpha value is -4.13. The number of hydrazine groups is 1. The van der Waals surface area contributed by atoms with Crippen molar-refractivity contribution in [1.82, 2.24) is 10.9 Å². The molecule has 0 saturated heterocycles. The number of rotatable bonds is 5. The van der Waals surface area contributed by atoms with Gasteiger partial charge in [0.25, 0.3) is 11.8 Å². The van der Waals surface area contributed by atoms with Crippen LogP contribution >= 0.6 is 0 Å². The lowest BCUT2D eigenvalue weighted by Gasteiger charge is -2.08. The number of ether oxygens (including phenoxy) is 1. The van der Waals surface area contributed by atoms with E-state index < -0.39 is 24.4 Å². The highest BCUT2D eigenvalue weighted by atomic mass is 16.5. The fraction of sp³-hybridized carbons (Fsp3) is 0.0870. The van der Waals surface area contributed by atoms with Crippen molar-refractivity contribution in [2.75, 3.05) is 6.61 Å². The van der Waals surface area contributed by atoms with Gasteiger partial charge < -0.3 is 9.15 Å². The average Bonchev–Trinajstić information content (AvgIpc) is 3.19. The number of amides is 2. The van der Waals surface area contributed by atoms with Crippen molar-refractivity contribution in [3.05, 3.63) is 84.1 Å². The maximum Gasteiger partial charge on any atom is 0.310 e. The third-order valence-corrected chi connectivity index (χ3v) is 4.59. The van der Waals surface area contributed by atoms with Crippen molar-refractivity contribution < 1.29 is 23.5 Å². The molecule has 0 fully saturated rings. The first-order valence-corrected chi connectivity index (χ1v) is 9.29. The molecule has 3 aromatic carbocycles. The van der Waals surface area contributed by atoms with Gasteiger partial charge in [-0.2, -0.15) is 0 Å². The van der Waals surface area contributed by atoms with Gasteiger partial charge in [0, 0.05) is 16.5 Å². The van der Waals surface area contributed by atoms with Crippen LogP contribution in [0.3, 0.4) is 0 Å². The molecule has 0 radical (unpaired) electrons. The number of hydrogen-bond donors (Lipinski definition) is 2. The number of furan rings is 1. The molecule has 4 aromatic rings. The van der Waals surface area contributed by atoms with Crippen molar-refractivity contribution in [1.29, 1.82) is 0 Å². The Bertz CT molecular complexity index is 1230. The maximum atomic E-state index is 12.2. The topological polar surface area (TPSA) is 97.6 Å². The predicted molar refractivity (Wildman–Crippen MR) is 110 cm³/mol. The molecule has 7 heteroatoms. The lowest BCUT2D eigenvalue weighted by molar-refractivity contribution is -0.148. The zero-order valence-corrected chi connectivity index (χ0v) is 15.9. The van der Waals surface area contributed by atoms with Crippen LogP contribution in [0.1, 0.15) is 15.9 Å². The van der Waals surface area contributed by atoms with Crippen LogP contribution in [0.15, 0.2) is 77.4 Å². The summed E-state index contributed by atoms with van der Waals surface area (Å²) in [6.45, 7) is -0.509. The fourth-order valence-electron chi connectivity index (χ4n) is 3.18. The summed E-state index contributed by atoms with van der Waals surface area (Å²) in [4.78, 5) is 36.0. The molecule has 4 rings (SSSR count). The van der Waals surface area contributed by atoms with Crippen molar-refractivity contribution in [3.63, 3.8) is 0 Å². The molecular weight excluding hydrogens is 384 g/mol. The molecule has 1 aromatic heterocycles. The van der Waals surface area contributed by atoms with E-state index in [0.29, 0.717) is 16.7 Å². The minimum absolute atomic E-state index is 0.0370. The van der Waals surface area contributed by atoms with Crippen LogP contribution in [0.5, 0.6) is 0 Å². The van der Waals surface area contributed by atoms with E-state index in [2.05, 4.69) is 10.9 Å². The molecule has 0 aliphatic rings. The van der Waals surface area contributed by atoms with Crippen molar-refractivity contribution >= 4 is 39.5 Å². The Balaban J connectivity index is 1.33. The van der Waals surface area contributed by atoms with E-state index >= 15 is 0 Å². The van der Waals surface area contributed by atoms with Gasteiger partial charge in [-0.15, -0.1) is 0 Å². The smallest absolute Gasteiger partial charge is 0.310 e. The van der Waals surface area contributed by atoms with Gasteiger partial charge in [0.2, 0.25) is 0 Å². The van der Waals surface area contributed by atoms with E-state index in [1.165, 1.54) is 6.26 Å². The lowest BCUT2D eigenvalue weighted by Crippen LogP contribution is -2.43. The second-order valence-electron chi connectivity index (χ2n) is 6.63. The van der Waals surface area contributed by atoms with Gasteiger partial charge in [0.1, 0.15) is 5.58 Å². The van der Waals surface area contributed by atoms with Crippen LogP contribution in [0, 0.1) is 0 Å². The third-order valence-electron chi connectivity index (χ3n) is 4.59. The Morgan fingerprint density at radius 2 is 1.63 bits per heavy atom. The summed E-state index contributed by atoms with van der Waals surface area (Å²) in [7, 11) is 0. The number of hydrogen-bond acceptors (Lipinski definition) is 5. The largest absolute Gasteiger partial charge is 0.464 e. The SMILES string of the molecule is O=C(COC(=O)Cc1coc2ccc3ccccc3c12)NNC(=O)c1ccccc1. The standard InChI is InChI=1S/C23H18N2O5/c26-20(24-25-23(28)16-7-2-1-3-8-16)14-30-21(27)12-17-13-29-19-11-10-15-6-4-5-9-18(15)22(17)19/h1-11,13H,12,14H2,(H,24,26)(H,25,28). The van der Waals surface area contributed by atoms with Crippen LogP contribution in [0.4, 0.5) is 0 Å². The molecule has 2 amide bonds. The lowest BCUT2D eigenvalue weighted by atomic mass is 10.0. The molecule has 7 nitrogen and oxygen atoms in total. The van der Waals surface area contributed by atoms with E-state index in [4.69, 9.17) is 9.15 Å². The van der Waals surface area contributed by atoms with Crippen LogP contribution < -0.4 is 10.9 Å². The minimum atomic E-state index is -0.643. The summed E-state index contributed by atoms with van der Waals surface area (Å²) in [6, 6.07) is 20.0. The first-order valence-electron chi connectivity index (χ1n) is 9.29. The maximum absolute atomic E-state index is 12.2. The molecule has 30 heavy (non-hydrogen) atoms. The molecule has 0 bridgehead atoms. The van der Waals surface area contributed by atoms with E-state index in [9.17, 15) is 14.4 Å². The molecule has 0 atom stereocenters. The Morgan fingerprint density at radius 1 is 0.867 bits per heavy atom. The summed E-state index contributed by atoms with van der Waals surface area (Å²) >= 11 is 0. The fourth-order valence-corrected chi connectivity index (χ4v) is 3.18. The van der Waals surface area contributed by atoms with Crippen molar-refractivity contribution in [3.8, 4) is 0 Å². The molecule has 0 spiro atoms. The highest BCUT2D eigenvalue weighted by Gasteiger charge is 2.15. The Kier molecular flexibility index (Phi) is 5.43. The zero-order chi connectivity index (χ0) is 20.9. The Labute approximate surface area is 171 Å². The monoisotopic (exact) mass is 402 g/mol. The number of nitrogens with one attached hydrogen (secondary N) is 2. The van der Waals surface area contributed by atoms with Crippen molar-refractivity contribution in [2.24, 2.45) is 0 Å². The second kappa shape index (κ2) is 8.48. The highest BCUT2D eigenvalue weighted by Crippen LogP contribution is 2.30. The Morgan fingerprint density at radius 3 is 2.47 bits per heavy atom. The van der Waals surface area contributed by atoms with Gasteiger partial charge in [0.15, 0.2) is 6.61 Å². The van der Waals surface area contributed by atoms with Gasteiger partial charge in [-0.1, -0.05) is 48.5 Å². The number of esters is 1. The molecule has 0 saturated carbocycles. The molecule has 0 aliphatic carbocycles. The average molecular weight is 402 g/mol. The molecule has 0 aliphatic heterocycles. The summed E-state index contributed by atoms with van der Waals surface area (Å²) in [5, 5.41) is 2.87. The predicted octanol–water partition coefficient (Wildman–Crippen LogP) is 3.13. The first-order chi connectivity index (χ1) is 14.6. The van der Waals surface area contributed by atoms with Gasteiger partial charge in [-0.25, -0.2) is 0 Å². The molecular formula is C23H18N2O5. The highest BCUT2D eigenvalue weighted by molar-refractivity contribution is 6.08. The van der Waals surface area contributed by atoms with Gasteiger partial charge in [-0.3, -0.25) is 25.2 Å². The number of benzene rings is 3. The quantitative estimate of drug-likeness (QED) is 0.395. The van der Waals surface area contributed by atoms with E-state index in [-0.39, 0.29) is 6.42 Å². The van der Waals surface area contributed by atoms with Gasteiger partial charge in [-0.05, 0) is 29.0 Å². The zero-order valence-electron chi connectivity index (χ0n) is 15.9. The first kappa shape index (κ1) is 19.2. The van der Waals surface area contributed by atoms with Crippen molar-refractivity contribution in [2.45, 2.75) is 6.42 Å². The van der Waals surface area contributed by atoms with Crippen LogP contribution in [0.25, 0.3) is 21.7 Å². The number of fused-ring (bicyclic) bond motifs is 3. The van der Waals surface area contributed by atoms with E-state index in [0.717, 1.165) is 16.2 Å². The summed E-state index contributed by atoms with van der Waals surface area (Å²) < 4.78 is 10.6. The summed E-state index contributed by atoms with van der Waals surface area (Å²) in [5.41, 5.74) is 6.24. The normalized spacial score (nSPS) is 10.7. The second-order valence-corrected chi connectivity index (χ2v) is 6.63. The van der Waals surface area contributed by atoms with E-state index in [1.807, 2.05) is 36.4 Å². The summed E-state index contributed by atoms with van der Waals surface area (Å²) in [5.74, 6) is -1.68. The third kappa shape index (κ3) is 4.15. The number of carbonyl (C=O) groups is 3.